The molecule has 1 rings (SSSR count). The van der Waals surface area contributed by atoms with Crippen LogP contribution in [0.1, 0.15) is 15.9 Å². The predicted molar refractivity (Wildman–Crippen MR) is 56.7 cm³/mol. The molecule has 0 aliphatic carbocycles. The number of hydrazine groups is 1. The molecule has 0 unspecified atom stereocenters. The van der Waals surface area contributed by atoms with Crippen LogP contribution in [0.15, 0.2) is 24.3 Å². The molecule has 0 radical (unpaired) electrons. The molecule has 0 fully saturated rings. The fourth-order valence-corrected chi connectivity index (χ4v) is 1.09. The summed E-state index contributed by atoms with van der Waals surface area (Å²) in [5, 5.41) is 9.06. The zero-order valence-electron chi connectivity index (χ0n) is 9.02. The number of carbonyl (C=O) groups excluding carboxylic acids is 2. The van der Waals surface area contributed by atoms with Gasteiger partial charge in [-0.1, -0.05) is 18.2 Å². The normalized spacial score (nSPS) is 9.44. The van der Waals surface area contributed by atoms with Crippen molar-refractivity contribution in [1.29, 1.82) is 0 Å². The molecule has 0 saturated carbocycles. The van der Waals surface area contributed by atoms with E-state index in [1.807, 2.05) is 11.5 Å². The number of nitrogens with zero attached hydrogens (tertiary/aromatic N) is 1. The summed E-state index contributed by atoms with van der Waals surface area (Å²) < 4.78 is 0. The van der Waals surface area contributed by atoms with Gasteiger partial charge in [-0.25, -0.2) is 15.3 Å². The number of nitrogens with one attached hydrogen (secondary N) is 2. The van der Waals surface area contributed by atoms with E-state index >= 15 is 0 Å². The van der Waals surface area contributed by atoms with E-state index in [1.165, 1.54) is 0 Å². The number of carbonyl (C=O) groups is 2. The minimum absolute atomic E-state index is 0.331. The van der Waals surface area contributed by atoms with E-state index in [4.69, 9.17) is 5.21 Å². The lowest BCUT2D eigenvalue weighted by Gasteiger charge is -2.11. The Bertz CT molecular complexity index is 404. The van der Waals surface area contributed by atoms with Crippen molar-refractivity contribution in [2.24, 2.45) is 0 Å². The molecule has 0 aliphatic heterocycles. The van der Waals surface area contributed by atoms with Gasteiger partial charge >= 0.3 is 6.03 Å². The van der Waals surface area contributed by atoms with Gasteiger partial charge in [0.25, 0.3) is 5.91 Å². The number of hydroxylamine groups is 2. The Hall–Kier alpha value is -2.08. The highest BCUT2D eigenvalue weighted by molar-refractivity contribution is 5.96. The Kier molecular flexibility index (Phi) is 3.84. The summed E-state index contributed by atoms with van der Waals surface area (Å²) in [6.45, 7) is 1.79. The molecule has 6 nitrogen and oxygen atoms in total. The van der Waals surface area contributed by atoms with Crippen LogP contribution in [0.25, 0.3) is 0 Å². The van der Waals surface area contributed by atoms with Crippen molar-refractivity contribution in [2.75, 3.05) is 7.05 Å². The first kappa shape index (κ1) is 12.0. The number of hydrogen-bond acceptors (Lipinski definition) is 3. The van der Waals surface area contributed by atoms with Crippen LogP contribution in [0, 0.1) is 6.92 Å². The Morgan fingerprint density at radius 1 is 1.25 bits per heavy atom. The third kappa shape index (κ3) is 2.96. The van der Waals surface area contributed by atoms with Crippen molar-refractivity contribution in [2.45, 2.75) is 6.92 Å². The minimum atomic E-state index is -0.818. The summed E-state index contributed by atoms with van der Waals surface area (Å²) in [6.07, 6.45) is 0. The molecule has 0 aromatic heterocycles. The SMILES string of the molecule is Cc1ccccc1C(=O)NNC(=O)N(C)O. The molecular formula is C10H13N3O3. The number of urea groups is 1. The van der Waals surface area contributed by atoms with Crippen molar-refractivity contribution in [3.05, 3.63) is 35.4 Å². The number of amides is 3. The Labute approximate surface area is 92.8 Å². The lowest BCUT2D eigenvalue weighted by molar-refractivity contribution is -0.0194. The van der Waals surface area contributed by atoms with E-state index < -0.39 is 11.9 Å². The molecule has 0 aliphatic rings. The third-order valence-corrected chi connectivity index (χ3v) is 1.97. The van der Waals surface area contributed by atoms with Crippen molar-refractivity contribution >= 4 is 11.9 Å². The molecule has 3 N–H and O–H groups in total. The average Bonchev–Trinajstić information content (AvgIpc) is 2.25. The van der Waals surface area contributed by atoms with Gasteiger partial charge in [0.15, 0.2) is 0 Å². The van der Waals surface area contributed by atoms with Gasteiger partial charge in [0.05, 0.1) is 0 Å². The smallest absolute Gasteiger partial charge is 0.285 e. The highest BCUT2D eigenvalue weighted by Crippen LogP contribution is 2.05. The highest BCUT2D eigenvalue weighted by atomic mass is 16.5. The second-order valence-corrected chi connectivity index (χ2v) is 3.22. The van der Waals surface area contributed by atoms with Crippen LogP contribution in [0.5, 0.6) is 0 Å². The monoisotopic (exact) mass is 223 g/mol. The standard InChI is InChI=1S/C10H13N3O3/c1-7-5-3-4-6-8(7)9(14)11-12-10(15)13(2)16/h3-6,16H,1-2H3,(H,11,14)(H,12,15). The maximum Gasteiger partial charge on any atom is 0.359 e. The summed E-state index contributed by atoms with van der Waals surface area (Å²) in [6, 6.07) is 6.14. The molecule has 0 saturated heterocycles. The largest absolute Gasteiger partial charge is 0.359 e. The van der Waals surface area contributed by atoms with Gasteiger partial charge in [-0.05, 0) is 18.6 Å². The molecule has 1 aromatic rings. The number of benzene rings is 1. The van der Waals surface area contributed by atoms with Crippen LogP contribution in [0.3, 0.4) is 0 Å². The van der Waals surface area contributed by atoms with Gasteiger partial charge < -0.3 is 0 Å². The average molecular weight is 223 g/mol. The third-order valence-electron chi connectivity index (χ3n) is 1.97. The molecule has 3 amide bonds. The van der Waals surface area contributed by atoms with Crippen LogP contribution in [0.4, 0.5) is 4.79 Å². The fraction of sp³-hybridized carbons (Fsp3) is 0.200. The van der Waals surface area contributed by atoms with Crippen LogP contribution in [-0.4, -0.2) is 29.3 Å². The molecule has 0 atom stereocenters. The van der Waals surface area contributed by atoms with E-state index in [9.17, 15) is 9.59 Å². The molecule has 86 valence electrons. The van der Waals surface area contributed by atoms with Gasteiger partial charge in [0, 0.05) is 12.6 Å². The summed E-state index contributed by atoms with van der Waals surface area (Å²) in [4.78, 5) is 22.5. The summed E-state index contributed by atoms with van der Waals surface area (Å²) in [7, 11) is 1.15. The van der Waals surface area contributed by atoms with E-state index in [2.05, 4.69) is 5.43 Å². The Balaban J connectivity index is 2.60. The molecule has 0 bridgehead atoms. The minimum Gasteiger partial charge on any atom is -0.285 e. The lowest BCUT2D eigenvalue weighted by atomic mass is 10.1. The quantitative estimate of drug-likeness (QED) is 0.483. The maximum absolute atomic E-state index is 11.6. The van der Waals surface area contributed by atoms with E-state index in [-0.39, 0.29) is 0 Å². The van der Waals surface area contributed by atoms with Crippen LogP contribution in [0.2, 0.25) is 0 Å². The number of hydrogen-bond donors (Lipinski definition) is 3. The van der Waals surface area contributed by atoms with Gasteiger partial charge in [0.2, 0.25) is 0 Å². The second kappa shape index (κ2) is 5.13. The van der Waals surface area contributed by atoms with Gasteiger partial charge in [-0.3, -0.25) is 15.4 Å². The van der Waals surface area contributed by atoms with E-state index in [1.54, 1.807) is 25.1 Å². The lowest BCUT2D eigenvalue weighted by Crippen LogP contribution is -2.46. The van der Waals surface area contributed by atoms with Crippen molar-refractivity contribution in [1.82, 2.24) is 15.9 Å². The number of aryl methyl sites for hydroxylation is 1. The van der Waals surface area contributed by atoms with E-state index in [0.717, 1.165) is 12.6 Å². The maximum atomic E-state index is 11.6. The Morgan fingerprint density at radius 3 is 2.44 bits per heavy atom. The first-order chi connectivity index (χ1) is 7.52. The summed E-state index contributed by atoms with van der Waals surface area (Å²) in [5.74, 6) is -0.437. The molecule has 6 heteroatoms. The fourth-order valence-electron chi connectivity index (χ4n) is 1.09. The second-order valence-electron chi connectivity index (χ2n) is 3.22. The predicted octanol–water partition coefficient (Wildman–Crippen LogP) is 0.670. The van der Waals surface area contributed by atoms with Gasteiger partial charge in [0.1, 0.15) is 0 Å². The first-order valence-corrected chi connectivity index (χ1v) is 4.61. The van der Waals surface area contributed by atoms with Crippen LogP contribution >= 0.6 is 0 Å². The highest BCUT2D eigenvalue weighted by Gasteiger charge is 2.10. The zero-order valence-corrected chi connectivity index (χ0v) is 9.02. The van der Waals surface area contributed by atoms with Crippen molar-refractivity contribution in [3.8, 4) is 0 Å². The summed E-state index contributed by atoms with van der Waals surface area (Å²) in [5.41, 5.74) is 5.49. The zero-order chi connectivity index (χ0) is 12.1. The molecule has 16 heavy (non-hydrogen) atoms. The van der Waals surface area contributed by atoms with Crippen LogP contribution < -0.4 is 10.9 Å². The molecule has 0 heterocycles. The molecule has 0 spiro atoms. The van der Waals surface area contributed by atoms with Gasteiger partial charge in [-0.15, -0.1) is 0 Å². The first-order valence-electron chi connectivity index (χ1n) is 4.61. The van der Waals surface area contributed by atoms with Crippen molar-refractivity contribution in [3.63, 3.8) is 0 Å². The van der Waals surface area contributed by atoms with Gasteiger partial charge in [-0.2, -0.15) is 0 Å². The number of rotatable bonds is 1. The van der Waals surface area contributed by atoms with Crippen molar-refractivity contribution < 1.29 is 14.8 Å². The summed E-state index contributed by atoms with van der Waals surface area (Å²) >= 11 is 0. The van der Waals surface area contributed by atoms with E-state index in [0.29, 0.717) is 10.6 Å². The molecular weight excluding hydrogens is 210 g/mol. The topological polar surface area (TPSA) is 81.7 Å². The Morgan fingerprint density at radius 2 is 1.88 bits per heavy atom. The van der Waals surface area contributed by atoms with Crippen LogP contribution in [-0.2, 0) is 0 Å². The molecule has 1 aromatic carbocycles.